The Bertz CT molecular complexity index is 2090. The summed E-state index contributed by atoms with van der Waals surface area (Å²) in [7, 11) is 2.58. The number of ketones is 1. The van der Waals surface area contributed by atoms with E-state index in [0.717, 1.165) is 28.6 Å². The monoisotopic (exact) mass is 2880 g/mol. The van der Waals surface area contributed by atoms with Gasteiger partial charge in [-0.2, -0.15) is 121 Å². The zero-order chi connectivity index (χ0) is 52.9. The van der Waals surface area contributed by atoms with E-state index in [9.17, 15) is 29.1 Å². The van der Waals surface area contributed by atoms with Crippen LogP contribution in [0.15, 0.2) is 106 Å². The minimum atomic E-state index is -0.811. The molecule has 28 heteroatoms. The fraction of sp³-hybridized carbons (Fsp3) is 0.322. The molecule has 0 amide bonds. The molecule has 0 aliphatic carbocycles. The van der Waals surface area contributed by atoms with E-state index in [1.165, 1.54) is 30.5 Å². The second-order valence-electron chi connectivity index (χ2n) is 12.0. The summed E-state index contributed by atoms with van der Waals surface area (Å²) in [6.45, 7) is 10.4. The molecule has 0 spiro atoms. The van der Waals surface area contributed by atoms with Gasteiger partial charge in [0.1, 0.15) is 17.9 Å². The Morgan fingerprint density at radius 3 is 1.21 bits per heavy atom. The maximum absolute atomic E-state index is 11.4. The summed E-state index contributed by atoms with van der Waals surface area (Å²) in [5, 5.41) is 19.6. The Morgan fingerprint density at radius 2 is 0.954 bits per heavy atom. The molecule has 1 heterocycles. The summed E-state index contributed by atoms with van der Waals surface area (Å²) in [5.41, 5.74) is 4.21. The first-order valence-corrected chi connectivity index (χ1v) is 28.8. The number of hydrogen-bond donors (Lipinski definition) is 3. The normalized spacial score (nSPS) is 8.11. The summed E-state index contributed by atoms with van der Waals surface area (Å²) in [4.78, 5) is 66.9. The standard InChI is InChI=1S/C11H13O3.C11H11O3.C10H8NO2.C10H11O2.C2H6O.C2H4O.CHI3.CH2I2.CH3I.2CH4.8CH3.H2O.4W.4Y/c2*1-8(12)10(11(13)14-2)9-6-4-3-5-7-9;1-7-9(10(12)13-11-7)8-5-3-2-4-6-8;1-2-12-10(11)8-9-6-4-3-5-7-9;2*1-2-3;2-1(3)4;2-1-3;1-2;;;;;;;;;;;;;;;;;;;/h4-8,10,12H,1-2H3;4-7,10H,1-2H3;3-6,11H,1H3;4-7H,2,8H2,1H3;3H,2H2,1H3;2H,1H3;1H;1H2;1H3;2*1H4;8*1H3;1H2;;;;;;;;/q4*-1;;;;;;;;8*-1;;;;;;;;;. The number of aromatic nitrogens is 1. The van der Waals surface area contributed by atoms with Crippen LogP contribution in [0.5, 0.6) is 0 Å². The number of Topliss-reactive ketones (excluding diaryl/α,β-unsaturated/α-hetero) is 1. The molecule has 4 radical (unpaired) electrons. The number of nitrogens with one attached hydrogen (secondary N) is 1. The van der Waals surface area contributed by atoms with Gasteiger partial charge in [0.05, 0.1) is 46.5 Å². The first kappa shape index (κ1) is 160. The Labute approximate surface area is 769 Å². The van der Waals surface area contributed by atoms with Crippen molar-refractivity contribution < 1.29 is 273 Å². The van der Waals surface area contributed by atoms with Crippen LogP contribution >= 0.6 is 136 Å². The summed E-state index contributed by atoms with van der Waals surface area (Å²) >= 11 is 13.6. The van der Waals surface area contributed by atoms with Gasteiger partial charge in [-0.25, -0.2) is 9.95 Å². The van der Waals surface area contributed by atoms with Gasteiger partial charge in [0.15, 0.2) is 0 Å². The summed E-state index contributed by atoms with van der Waals surface area (Å²) in [5.74, 6) is -2.77. The van der Waals surface area contributed by atoms with Gasteiger partial charge in [-0.15, -0.1) is 22.3 Å². The molecule has 3 unspecified atom stereocenters. The molecular weight excluding hydrogens is 2780 g/mol. The van der Waals surface area contributed by atoms with E-state index >= 15 is 0 Å². The van der Waals surface area contributed by atoms with Gasteiger partial charge in [-0.05, 0) is 46.5 Å². The van der Waals surface area contributed by atoms with Crippen LogP contribution in [0, 0.1) is 90.6 Å². The number of aromatic amines is 1. The van der Waals surface area contributed by atoms with E-state index < -0.39 is 29.9 Å². The van der Waals surface area contributed by atoms with Gasteiger partial charge in [-0.3, -0.25) is 19.2 Å². The Hall–Kier alpha value is 5.07. The molecule has 0 fully saturated rings. The third-order valence-electron chi connectivity index (χ3n) is 7.29. The molecule has 3 atom stereocenters. The number of aliphatic hydroxyl groups is 2. The number of ether oxygens (including phenoxy) is 3. The summed E-state index contributed by atoms with van der Waals surface area (Å²) in [6, 6.07) is 39.5. The summed E-state index contributed by atoms with van der Waals surface area (Å²) in [6.07, 6.45) is 0.340. The molecule has 5 N–H and O–H groups in total. The fourth-order valence-corrected chi connectivity index (χ4v) is 4.78. The predicted molar refractivity (Wildman–Crippen MR) is 388 cm³/mol. The van der Waals surface area contributed by atoms with Gasteiger partial charge < -0.3 is 98.6 Å². The van der Waals surface area contributed by atoms with Gasteiger partial charge in [0, 0.05) is 228 Å². The molecule has 0 aliphatic rings. The van der Waals surface area contributed by atoms with E-state index in [-0.39, 0.29) is 319 Å². The van der Waals surface area contributed by atoms with Crippen molar-refractivity contribution in [3.63, 3.8) is 0 Å². The number of benzene rings is 4. The summed E-state index contributed by atoms with van der Waals surface area (Å²) < 4.78 is 20.6. The number of aryl methyl sites for hydroxylation is 1. The van der Waals surface area contributed by atoms with Crippen LogP contribution in [-0.4, -0.2) is 91.7 Å². The first-order valence-electron chi connectivity index (χ1n) is 19.9. The van der Waals surface area contributed by atoms with Crippen molar-refractivity contribution in [3.8, 4) is 11.1 Å². The number of hydrogen-bond acceptors (Lipinski definition) is 12. The number of alkyl halides is 6. The van der Waals surface area contributed by atoms with Crippen LogP contribution in [0.25, 0.3) is 11.1 Å². The van der Waals surface area contributed by atoms with Crippen LogP contribution in [0.1, 0.15) is 83.7 Å². The van der Waals surface area contributed by atoms with Crippen molar-refractivity contribution in [1.82, 2.24) is 5.16 Å². The van der Waals surface area contributed by atoms with E-state index in [0.29, 0.717) is 24.2 Å². The average Bonchev–Trinajstić information content (AvgIpc) is 3.66. The van der Waals surface area contributed by atoms with Crippen LogP contribution in [0.4, 0.5) is 0 Å². The third-order valence-corrected chi connectivity index (χ3v) is 7.29. The number of methoxy groups -OCH3 is 2. The van der Waals surface area contributed by atoms with Gasteiger partial charge >= 0.3 is 23.5 Å². The molecule has 0 saturated carbocycles. The van der Waals surface area contributed by atoms with Crippen LogP contribution in [0.2, 0.25) is 0 Å². The van der Waals surface area contributed by atoms with Gasteiger partial charge in [0.2, 0.25) is 0 Å². The van der Waals surface area contributed by atoms with Crippen molar-refractivity contribution in [1.29, 1.82) is 0 Å². The number of aldehydes is 1. The number of rotatable bonds is 10. The molecule has 1 aromatic heterocycles. The van der Waals surface area contributed by atoms with Crippen molar-refractivity contribution in [2.24, 2.45) is 0 Å². The smallest absolute Gasteiger partial charge is 0.363 e. The Kier molecular flexibility index (Phi) is 212. The zero-order valence-electron chi connectivity index (χ0n) is 51.6. The molecule has 4 aromatic carbocycles. The molecule has 0 aliphatic heterocycles. The fourth-order valence-electron chi connectivity index (χ4n) is 4.78. The van der Waals surface area contributed by atoms with E-state index in [1.54, 1.807) is 100 Å². The minimum absolute atomic E-state index is 0. The average molecular weight is 2880 g/mol. The maximum Gasteiger partial charge on any atom is 0.363 e. The van der Waals surface area contributed by atoms with Crippen LogP contribution in [-0.2, 0) is 260 Å². The number of esters is 3. The second kappa shape index (κ2) is 115. The maximum atomic E-state index is 11.4. The first-order chi connectivity index (χ1) is 32.4. The van der Waals surface area contributed by atoms with Crippen molar-refractivity contribution in [2.75, 3.05) is 34.8 Å². The topological polar surface area (TPSA) is 231 Å². The largest absolute Gasteiger partial charge is 0.469 e. The molecule has 0 bridgehead atoms. The van der Waals surface area contributed by atoms with Crippen LogP contribution in [0.3, 0.4) is 0 Å². The van der Waals surface area contributed by atoms with Gasteiger partial charge in [0.25, 0.3) is 0 Å². The van der Waals surface area contributed by atoms with Crippen molar-refractivity contribution in [2.45, 2.75) is 80.7 Å². The van der Waals surface area contributed by atoms with E-state index in [2.05, 4.69) is 179 Å². The van der Waals surface area contributed by atoms with Crippen LogP contribution < -0.4 is 5.63 Å². The minimum Gasteiger partial charge on any atom is -0.469 e. The number of H-pyrrole nitrogens is 1. The number of carbonyl (C=O) groups is 5. The quantitative estimate of drug-likeness (QED) is 0.0225. The molecular formula is C59H93I6NO13W4Y4-12. The second-order valence-corrected chi connectivity index (χ2v) is 27.4. The van der Waals surface area contributed by atoms with E-state index in [4.69, 9.17) is 14.6 Å². The van der Waals surface area contributed by atoms with Crippen molar-refractivity contribution >= 4 is 166 Å². The Morgan fingerprint density at radius 1 is 0.667 bits per heavy atom. The van der Waals surface area contributed by atoms with E-state index in [1.807, 2.05) is 29.2 Å². The number of aliphatic hydroxyl groups excluding tert-OH is 2. The predicted octanol–water partition coefficient (Wildman–Crippen LogP) is 15.5. The zero-order valence-corrected chi connectivity index (χ0v) is 87.7. The van der Waals surface area contributed by atoms with Crippen molar-refractivity contribution in [3.05, 3.63) is 214 Å². The molecule has 0 saturated heterocycles. The molecule has 502 valence electrons. The molecule has 5 rings (SSSR count). The SMILES string of the molecule is C.C.CC=O.CCO.CCOC(=O)Cc1cc[c-]cc1.CI.COC(=O)C(C(C)=O)c1cc[c-]cc1.COC(=O)C(c1cc[c-]cc1)C(C)O.Cc1[nH]oc(=O)c1-c1cc[c-]cc1.IC(I)I.ICI.O.[CH3-].[CH3-].[CH3-].[CH3-].[CH3-].[CH3-].[CH3-].[CH3-].[W].[W].[W].[W].[Y].[Y].[Y].[Y]. The molecule has 14 nitrogen and oxygen atoms in total. The third kappa shape index (κ3) is 91.1. The van der Waals surface area contributed by atoms with Gasteiger partial charge in [-0.1, -0.05) is 150 Å². The Balaban J connectivity index is -0.0000000260. The molecule has 87 heavy (non-hydrogen) atoms. The number of carbonyl (C=O) groups excluding carboxylic acids is 5. The number of halogens is 6. The molecule has 5 aromatic rings.